The van der Waals surface area contributed by atoms with E-state index in [1.807, 2.05) is 20.8 Å². The topological polar surface area (TPSA) is 64.6 Å². The molecule has 0 saturated heterocycles. The number of benzene rings is 1. The molecule has 0 saturated carbocycles. The van der Waals surface area contributed by atoms with E-state index in [9.17, 15) is 14.0 Å². The Kier molecular flexibility index (Phi) is 5.21. The lowest BCUT2D eigenvalue weighted by Crippen LogP contribution is -2.27. The summed E-state index contributed by atoms with van der Waals surface area (Å²) in [5.74, 6) is -1.70. The number of rotatable bonds is 4. The molecule has 1 amide bonds. The maximum Gasteiger partial charge on any atom is 0.339 e. The first-order valence-electron chi connectivity index (χ1n) is 6.04. The first-order valence-corrected chi connectivity index (χ1v) is 6.04. The van der Waals surface area contributed by atoms with Crippen LogP contribution >= 0.6 is 0 Å². The van der Waals surface area contributed by atoms with Crippen LogP contribution in [0.4, 0.5) is 10.1 Å². The van der Waals surface area contributed by atoms with Crippen LogP contribution in [0.1, 0.15) is 31.1 Å². The number of hydrogen-bond donors (Lipinski definition) is 1. The predicted octanol–water partition coefficient (Wildman–Crippen LogP) is 2.37. The fraction of sp³-hybridized carbons (Fsp3) is 0.429. The third kappa shape index (κ3) is 4.97. The summed E-state index contributed by atoms with van der Waals surface area (Å²) in [4.78, 5) is 23.2. The van der Waals surface area contributed by atoms with Crippen molar-refractivity contribution in [1.29, 1.82) is 0 Å². The number of esters is 1. The van der Waals surface area contributed by atoms with Crippen molar-refractivity contribution in [2.24, 2.45) is 0 Å². The van der Waals surface area contributed by atoms with Crippen molar-refractivity contribution in [3.8, 4) is 0 Å². The number of nitrogens with one attached hydrogen (secondary N) is 1. The summed E-state index contributed by atoms with van der Waals surface area (Å²) in [7, 11) is 1.21. The lowest BCUT2D eigenvalue weighted by atomic mass is 10.1. The van der Waals surface area contributed by atoms with Crippen LogP contribution in [0.15, 0.2) is 18.2 Å². The van der Waals surface area contributed by atoms with Crippen molar-refractivity contribution in [3.05, 3.63) is 29.6 Å². The number of ether oxygens (including phenoxy) is 2. The Labute approximate surface area is 117 Å². The van der Waals surface area contributed by atoms with E-state index in [0.717, 1.165) is 12.1 Å². The van der Waals surface area contributed by atoms with Crippen molar-refractivity contribution in [2.45, 2.75) is 26.4 Å². The maximum atomic E-state index is 13.2. The zero-order valence-electron chi connectivity index (χ0n) is 12.0. The molecule has 0 fully saturated rings. The highest BCUT2D eigenvalue weighted by molar-refractivity contribution is 6.01. The molecule has 0 radical (unpaired) electrons. The van der Waals surface area contributed by atoms with Crippen molar-refractivity contribution in [3.63, 3.8) is 0 Å². The van der Waals surface area contributed by atoms with Gasteiger partial charge < -0.3 is 14.8 Å². The molecule has 20 heavy (non-hydrogen) atoms. The van der Waals surface area contributed by atoms with E-state index in [-0.39, 0.29) is 17.9 Å². The number of amides is 1. The van der Waals surface area contributed by atoms with Crippen LogP contribution in [0.5, 0.6) is 0 Å². The molecule has 0 atom stereocenters. The normalized spacial score (nSPS) is 11.1. The average Bonchev–Trinajstić information content (AvgIpc) is 2.35. The van der Waals surface area contributed by atoms with Gasteiger partial charge in [-0.25, -0.2) is 9.18 Å². The molecule has 110 valence electrons. The summed E-state index contributed by atoms with van der Waals surface area (Å²) < 4.78 is 23.1. The van der Waals surface area contributed by atoms with E-state index in [4.69, 9.17) is 4.74 Å². The van der Waals surface area contributed by atoms with Crippen molar-refractivity contribution >= 4 is 17.6 Å². The van der Waals surface area contributed by atoms with Gasteiger partial charge in [-0.3, -0.25) is 4.79 Å². The summed E-state index contributed by atoms with van der Waals surface area (Å²) >= 11 is 0. The first kappa shape index (κ1) is 16.1. The monoisotopic (exact) mass is 283 g/mol. The molecule has 1 rings (SSSR count). The van der Waals surface area contributed by atoms with Gasteiger partial charge in [0.1, 0.15) is 12.4 Å². The van der Waals surface area contributed by atoms with Gasteiger partial charge in [-0.1, -0.05) is 0 Å². The molecule has 0 aliphatic heterocycles. The maximum absolute atomic E-state index is 13.2. The van der Waals surface area contributed by atoms with Crippen LogP contribution < -0.4 is 5.32 Å². The van der Waals surface area contributed by atoms with Gasteiger partial charge in [0.25, 0.3) is 0 Å². The number of halogens is 1. The number of methoxy groups -OCH3 is 1. The van der Waals surface area contributed by atoms with Crippen LogP contribution in [0, 0.1) is 5.82 Å². The number of hydrogen-bond acceptors (Lipinski definition) is 4. The Bertz CT molecular complexity index is 508. The van der Waals surface area contributed by atoms with Crippen LogP contribution in [0.3, 0.4) is 0 Å². The second-order valence-corrected chi connectivity index (χ2v) is 5.13. The lowest BCUT2D eigenvalue weighted by molar-refractivity contribution is -0.125. The Morgan fingerprint density at radius 3 is 2.50 bits per heavy atom. The molecular formula is C14H18FNO4. The minimum Gasteiger partial charge on any atom is -0.465 e. The van der Waals surface area contributed by atoms with Crippen molar-refractivity contribution in [1.82, 2.24) is 0 Å². The summed E-state index contributed by atoms with van der Waals surface area (Å²) in [5.41, 5.74) is -0.331. The molecule has 0 spiro atoms. The van der Waals surface area contributed by atoms with Crippen LogP contribution in [0.2, 0.25) is 0 Å². The van der Waals surface area contributed by atoms with E-state index in [2.05, 4.69) is 10.1 Å². The Morgan fingerprint density at radius 2 is 1.95 bits per heavy atom. The second-order valence-electron chi connectivity index (χ2n) is 5.13. The molecule has 5 nitrogen and oxygen atoms in total. The van der Waals surface area contributed by atoms with Crippen molar-refractivity contribution in [2.75, 3.05) is 19.0 Å². The standard InChI is InChI=1S/C14H18FNO4/c1-14(2,3)20-8-12(17)16-11-7-9(15)5-6-10(11)13(18)19-4/h5-7H,8H2,1-4H3,(H,16,17). The average molecular weight is 283 g/mol. The quantitative estimate of drug-likeness (QED) is 0.862. The smallest absolute Gasteiger partial charge is 0.339 e. The van der Waals surface area contributed by atoms with Gasteiger partial charge in [0.2, 0.25) is 5.91 Å². The first-order chi connectivity index (χ1) is 9.23. The van der Waals surface area contributed by atoms with Gasteiger partial charge >= 0.3 is 5.97 Å². The summed E-state index contributed by atoms with van der Waals surface area (Å²) in [6, 6.07) is 3.43. The third-order valence-corrected chi connectivity index (χ3v) is 2.30. The predicted molar refractivity (Wildman–Crippen MR) is 72.1 cm³/mol. The molecule has 0 heterocycles. The Morgan fingerprint density at radius 1 is 1.30 bits per heavy atom. The molecule has 0 aliphatic rings. The zero-order valence-corrected chi connectivity index (χ0v) is 12.0. The molecule has 1 aromatic rings. The van der Waals surface area contributed by atoms with E-state index in [1.165, 1.54) is 13.2 Å². The molecular weight excluding hydrogens is 265 g/mol. The molecule has 0 aromatic heterocycles. The Hall–Kier alpha value is -1.95. The number of anilines is 1. The van der Waals surface area contributed by atoms with Crippen LogP contribution in [-0.2, 0) is 14.3 Å². The molecule has 0 aliphatic carbocycles. The van der Waals surface area contributed by atoms with Gasteiger partial charge in [-0.2, -0.15) is 0 Å². The van der Waals surface area contributed by atoms with E-state index >= 15 is 0 Å². The van der Waals surface area contributed by atoms with E-state index in [1.54, 1.807) is 0 Å². The minimum absolute atomic E-state index is 0.0550. The fourth-order valence-corrected chi connectivity index (χ4v) is 1.38. The number of carbonyl (C=O) groups is 2. The lowest BCUT2D eigenvalue weighted by Gasteiger charge is -2.19. The highest BCUT2D eigenvalue weighted by Crippen LogP contribution is 2.18. The van der Waals surface area contributed by atoms with Crippen LogP contribution in [0.25, 0.3) is 0 Å². The fourth-order valence-electron chi connectivity index (χ4n) is 1.38. The minimum atomic E-state index is -0.656. The van der Waals surface area contributed by atoms with Gasteiger partial charge in [0.15, 0.2) is 0 Å². The summed E-state index contributed by atoms with van der Waals surface area (Å²) in [6.07, 6.45) is 0. The van der Waals surface area contributed by atoms with Crippen LogP contribution in [-0.4, -0.2) is 31.2 Å². The largest absolute Gasteiger partial charge is 0.465 e. The summed E-state index contributed by atoms with van der Waals surface area (Å²) in [6.45, 7) is 5.23. The van der Waals surface area contributed by atoms with Gasteiger partial charge in [0.05, 0.1) is 24.0 Å². The molecule has 0 bridgehead atoms. The molecule has 6 heteroatoms. The van der Waals surface area contributed by atoms with E-state index in [0.29, 0.717) is 0 Å². The van der Waals surface area contributed by atoms with Gasteiger partial charge in [0, 0.05) is 0 Å². The highest BCUT2D eigenvalue weighted by atomic mass is 19.1. The molecule has 1 N–H and O–H groups in total. The molecule has 0 unspecified atom stereocenters. The van der Waals surface area contributed by atoms with Gasteiger partial charge in [-0.05, 0) is 39.0 Å². The highest BCUT2D eigenvalue weighted by Gasteiger charge is 2.17. The zero-order chi connectivity index (χ0) is 15.3. The van der Waals surface area contributed by atoms with Crippen molar-refractivity contribution < 1.29 is 23.5 Å². The summed E-state index contributed by atoms with van der Waals surface area (Å²) in [5, 5.41) is 2.43. The third-order valence-electron chi connectivity index (χ3n) is 2.30. The van der Waals surface area contributed by atoms with Gasteiger partial charge in [-0.15, -0.1) is 0 Å². The number of carbonyl (C=O) groups excluding carboxylic acids is 2. The SMILES string of the molecule is COC(=O)c1ccc(F)cc1NC(=O)COC(C)(C)C. The second kappa shape index (κ2) is 6.47. The molecule has 1 aromatic carbocycles. The van der Waals surface area contributed by atoms with E-state index < -0.39 is 23.3 Å². The Balaban J connectivity index is 2.83.